The first kappa shape index (κ1) is 34.2. The van der Waals surface area contributed by atoms with Crippen molar-refractivity contribution in [2.24, 2.45) is 5.92 Å². The highest BCUT2D eigenvalue weighted by Gasteiger charge is 2.44. The number of benzene rings is 4. The number of methoxy groups -OCH3 is 2. The van der Waals surface area contributed by atoms with Crippen LogP contribution in [0.1, 0.15) is 48.8 Å². The SMILES string of the molecule is COc1ccc(S(=O)(=O)N2C[C@@H](Cc3ccccc3)C[C@H]2C(=O)NC(CCCc2ccccc2)CCCc2ccccc2)cc1OC. The second-order valence-corrected chi connectivity index (χ2v) is 14.3. The lowest BCUT2D eigenvalue weighted by molar-refractivity contribution is -0.125. The van der Waals surface area contributed by atoms with E-state index in [-0.39, 0.29) is 29.3 Å². The standard InChI is InChI=1S/C39H46N2O5S/c1-45-37-25-24-35(28-38(37)46-2)47(43,44)41-29-33(26-32-18-10-5-11-19-32)27-36(41)39(42)40-34(22-12-20-30-14-6-3-7-15-30)23-13-21-31-16-8-4-9-17-31/h3-11,14-19,24-25,28,33-34,36H,12-13,20-23,26-27,29H2,1-2H3,(H,40,42)/t33-,36-/m0/s1. The lowest BCUT2D eigenvalue weighted by atomic mass is 9.96. The molecule has 0 aromatic heterocycles. The summed E-state index contributed by atoms with van der Waals surface area (Å²) in [4.78, 5) is 14.2. The van der Waals surface area contributed by atoms with Gasteiger partial charge in [0, 0.05) is 18.7 Å². The fourth-order valence-electron chi connectivity index (χ4n) is 6.58. The molecule has 2 atom stereocenters. The van der Waals surface area contributed by atoms with Gasteiger partial charge in [0.1, 0.15) is 6.04 Å². The van der Waals surface area contributed by atoms with Crippen molar-refractivity contribution < 1.29 is 22.7 Å². The second-order valence-electron chi connectivity index (χ2n) is 12.4. The zero-order valence-corrected chi connectivity index (χ0v) is 28.2. The van der Waals surface area contributed by atoms with Gasteiger partial charge in [-0.25, -0.2) is 8.42 Å². The zero-order chi connectivity index (χ0) is 33.1. The third-order valence-corrected chi connectivity index (χ3v) is 10.9. The van der Waals surface area contributed by atoms with E-state index in [1.807, 2.05) is 54.6 Å². The number of aryl methyl sites for hydroxylation is 2. The number of hydrogen-bond acceptors (Lipinski definition) is 5. The van der Waals surface area contributed by atoms with E-state index in [9.17, 15) is 13.2 Å². The number of carbonyl (C=O) groups excluding carboxylic acids is 1. The fraction of sp³-hybridized carbons (Fsp3) is 0.359. The van der Waals surface area contributed by atoms with Crippen LogP contribution in [0.25, 0.3) is 0 Å². The van der Waals surface area contributed by atoms with E-state index in [1.165, 1.54) is 41.8 Å². The van der Waals surface area contributed by atoms with Crippen LogP contribution in [0, 0.1) is 5.92 Å². The summed E-state index contributed by atoms with van der Waals surface area (Å²) in [6.07, 6.45) is 6.48. The molecule has 0 aliphatic carbocycles. The number of sulfonamides is 1. The Bertz CT molecular complexity index is 1620. The van der Waals surface area contributed by atoms with Crippen molar-refractivity contribution in [1.29, 1.82) is 0 Å². The van der Waals surface area contributed by atoms with Crippen LogP contribution in [0.5, 0.6) is 11.5 Å². The predicted molar refractivity (Wildman–Crippen MR) is 186 cm³/mol. The van der Waals surface area contributed by atoms with Crippen molar-refractivity contribution in [3.05, 3.63) is 126 Å². The average molecular weight is 655 g/mol. The normalized spacial score (nSPS) is 16.7. The molecule has 5 rings (SSSR count). The molecule has 7 nitrogen and oxygen atoms in total. The molecule has 1 saturated heterocycles. The van der Waals surface area contributed by atoms with Crippen molar-refractivity contribution in [3.8, 4) is 11.5 Å². The topological polar surface area (TPSA) is 84.9 Å². The summed E-state index contributed by atoms with van der Waals surface area (Å²) in [6.45, 7) is 0.260. The van der Waals surface area contributed by atoms with Gasteiger partial charge in [-0.15, -0.1) is 0 Å². The van der Waals surface area contributed by atoms with Crippen molar-refractivity contribution in [2.75, 3.05) is 20.8 Å². The Morgan fingerprint density at radius 3 is 1.83 bits per heavy atom. The highest BCUT2D eigenvalue weighted by atomic mass is 32.2. The number of hydrogen-bond donors (Lipinski definition) is 1. The Kier molecular flexibility index (Phi) is 12.1. The molecule has 0 unspecified atom stereocenters. The zero-order valence-electron chi connectivity index (χ0n) is 27.4. The molecule has 1 aliphatic rings. The molecule has 0 bridgehead atoms. The third-order valence-electron chi connectivity index (χ3n) is 9.04. The maximum Gasteiger partial charge on any atom is 0.243 e. The molecule has 47 heavy (non-hydrogen) atoms. The van der Waals surface area contributed by atoms with Crippen LogP contribution in [-0.4, -0.2) is 51.5 Å². The fourth-order valence-corrected chi connectivity index (χ4v) is 8.27. The van der Waals surface area contributed by atoms with E-state index >= 15 is 0 Å². The van der Waals surface area contributed by atoms with Crippen LogP contribution in [0.15, 0.2) is 114 Å². The van der Waals surface area contributed by atoms with E-state index in [4.69, 9.17) is 9.47 Å². The summed E-state index contributed by atoms with van der Waals surface area (Å²) in [5.41, 5.74) is 3.67. The smallest absolute Gasteiger partial charge is 0.243 e. The summed E-state index contributed by atoms with van der Waals surface area (Å²) in [5, 5.41) is 3.32. The van der Waals surface area contributed by atoms with Crippen molar-refractivity contribution in [1.82, 2.24) is 9.62 Å². The second kappa shape index (κ2) is 16.6. The van der Waals surface area contributed by atoms with Gasteiger partial charge >= 0.3 is 0 Å². The number of amides is 1. The Balaban J connectivity index is 1.35. The van der Waals surface area contributed by atoms with E-state index in [0.29, 0.717) is 24.3 Å². The van der Waals surface area contributed by atoms with Crippen molar-refractivity contribution in [3.63, 3.8) is 0 Å². The summed E-state index contributed by atoms with van der Waals surface area (Å²) < 4.78 is 40.6. The molecule has 8 heteroatoms. The first-order valence-corrected chi connectivity index (χ1v) is 18.0. The molecule has 4 aromatic carbocycles. The average Bonchev–Trinajstić information content (AvgIpc) is 3.54. The van der Waals surface area contributed by atoms with Gasteiger partial charge in [0.2, 0.25) is 15.9 Å². The minimum absolute atomic E-state index is 0.00215. The number of ether oxygens (including phenoxy) is 2. The number of nitrogens with zero attached hydrogens (tertiary/aromatic N) is 1. The van der Waals surface area contributed by atoms with Crippen LogP contribution >= 0.6 is 0 Å². The molecule has 248 valence electrons. The summed E-state index contributed by atoms with van der Waals surface area (Å²) >= 11 is 0. The Morgan fingerprint density at radius 1 is 0.766 bits per heavy atom. The number of carbonyl (C=O) groups is 1. The lowest BCUT2D eigenvalue weighted by Crippen LogP contribution is -2.48. The monoisotopic (exact) mass is 654 g/mol. The van der Waals surface area contributed by atoms with Crippen LogP contribution in [0.2, 0.25) is 0 Å². The van der Waals surface area contributed by atoms with Gasteiger partial charge in [-0.05, 0) is 86.1 Å². The van der Waals surface area contributed by atoms with Crippen LogP contribution in [0.4, 0.5) is 0 Å². The number of rotatable bonds is 16. The van der Waals surface area contributed by atoms with Gasteiger partial charge in [0.15, 0.2) is 11.5 Å². The van der Waals surface area contributed by atoms with E-state index in [1.54, 1.807) is 6.07 Å². The molecule has 1 aliphatic heterocycles. The van der Waals surface area contributed by atoms with Gasteiger partial charge in [0.25, 0.3) is 0 Å². The molecule has 1 heterocycles. The van der Waals surface area contributed by atoms with Gasteiger partial charge in [0.05, 0.1) is 19.1 Å². The van der Waals surface area contributed by atoms with Crippen molar-refractivity contribution >= 4 is 15.9 Å². The Hall–Kier alpha value is -4.14. The van der Waals surface area contributed by atoms with Crippen LogP contribution in [-0.2, 0) is 34.1 Å². The van der Waals surface area contributed by atoms with Gasteiger partial charge in [-0.2, -0.15) is 4.31 Å². The third kappa shape index (κ3) is 9.24. The maximum absolute atomic E-state index is 14.2. The van der Waals surface area contributed by atoms with Crippen molar-refractivity contribution in [2.45, 2.75) is 68.3 Å². The molecule has 0 spiro atoms. The Morgan fingerprint density at radius 2 is 1.30 bits per heavy atom. The quantitative estimate of drug-likeness (QED) is 0.143. The van der Waals surface area contributed by atoms with Gasteiger partial charge in [-0.3, -0.25) is 4.79 Å². The molecule has 1 N–H and O–H groups in total. The molecular weight excluding hydrogens is 609 g/mol. The number of nitrogens with one attached hydrogen (secondary N) is 1. The highest BCUT2D eigenvalue weighted by Crippen LogP contribution is 2.35. The molecule has 1 amide bonds. The predicted octanol–water partition coefficient (Wildman–Crippen LogP) is 6.86. The largest absolute Gasteiger partial charge is 0.493 e. The maximum atomic E-state index is 14.2. The lowest BCUT2D eigenvalue weighted by Gasteiger charge is -2.26. The highest BCUT2D eigenvalue weighted by molar-refractivity contribution is 7.89. The molecule has 0 saturated carbocycles. The minimum atomic E-state index is -4.02. The molecule has 4 aromatic rings. The first-order chi connectivity index (χ1) is 22.9. The summed E-state index contributed by atoms with van der Waals surface area (Å²) in [7, 11) is -1.03. The molecule has 0 radical (unpaired) electrons. The summed E-state index contributed by atoms with van der Waals surface area (Å²) in [5.74, 6) is 0.538. The van der Waals surface area contributed by atoms with Crippen LogP contribution in [0.3, 0.4) is 0 Å². The summed E-state index contributed by atoms with van der Waals surface area (Å²) in [6, 6.07) is 34.5. The van der Waals surface area contributed by atoms with Crippen LogP contribution < -0.4 is 14.8 Å². The minimum Gasteiger partial charge on any atom is -0.493 e. The van der Waals surface area contributed by atoms with E-state index < -0.39 is 16.1 Å². The molecule has 1 fully saturated rings. The van der Waals surface area contributed by atoms with Gasteiger partial charge in [-0.1, -0.05) is 91.0 Å². The Labute approximate surface area is 280 Å². The molecular formula is C39H46N2O5S. The van der Waals surface area contributed by atoms with E-state index in [0.717, 1.165) is 44.1 Å². The van der Waals surface area contributed by atoms with Gasteiger partial charge < -0.3 is 14.8 Å². The first-order valence-electron chi connectivity index (χ1n) is 16.5. The van der Waals surface area contributed by atoms with E-state index in [2.05, 4.69) is 41.7 Å².